The first-order chi connectivity index (χ1) is 17.4. The summed E-state index contributed by atoms with van der Waals surface area (Å²) in [6, 6.07) is 11.0. The van der Waals surface area contributed by atoms with Gasteiger partial charge < -0.3 is 30.5 Å². The number of methoxy groups -OCH3 is 1. The van der Waals surface area contributed by atoms with Crippen LogP contribution >= 0.6 is 12.4 Å². The van der Waals surface area contributed by atoms with Crippen LogP contribution in [0.4, 0.5) is 15.9 Å². The van der Waals surface area contributed by atoms with Crippen molar-refractivity contribution in [3.05, 3.63) is 47.8 Å². The van der Waals surface area contributed by atoms with Crippen LogP contribution in [0.3, 0.4) is 0 Å². The zero-order chi connectivity index (χ0) is 25.4. The maximum atomic E-state index is 14.7. The molecule has 3 heterocycles. The zero-order valence-corrected chi connectivity index (χ0v) is 20.8. The molecule has 2 aromatic carbocycles. The van der Waals surface area contributed by atoms with Crippen LogP contribution in [0.1, 0.15) is 18.4 Å². The Kier molecular flexibility index (Phi) is 7.38. The molecule has 2 aliphatic rings. The van der Waals surface area contributed by atoms with E-state index in [2.05, 4.69) is 5.32 Å². The number of fused-ring (bicyclic) bond motifs is 1. The lowest BCUT2D eigenvalue weighted by atomic mass is 9.95. The molecule has 0 saturated carbocycles. The van der Waals surface area contributed by atoms with Gasteiger partial charge in [-0.25, -0.2) is 9.37 Å². The van der Waals surface area contributed by atoms with Crippen LogP contribution < -0.4 is 25.4 Å². The summed E-state index contributed by atoms with van der Waals surface area (Å²) in [4.78, 5) is 19.3. The Morgan fingerprint density at radius 1 is 1.24 bits per heavy atom. The Balaban J connectivity index is 0.00000320. The molecule has 192 valence electrons. The van der Waals surface area contributed by atoms with E-state index in [1.165, 1.54) is 25.3 Å². The summed E-state index contributed by atoms with van der Waals surface area (Å²) in [7, 11) is 1.45. The van der Waals surface area contributed by atoms with Gasteiger partial charge in [-0.15, -0.1) is 12.4 Å². The third-order valence-electron chi connectivity index (χ3n) is 6.41. The van der Waals surface area contributed by atoms with E-state index in [-0.39, 0.29) is 48.0 Å². The van der Waals surface area contributed by atoms with Crippen LogP contribution in [-0.4, -0.2) is 48.8 Å². The molecule has 2 aliphatic heterocycles. The number of amides is 1. The van der Waals surface area contributed by atoms with Gasteiger partial charge in [0.1, 0.15) is 17.6 Å². The van der Waals surface area contributed by atoms with Gasteiger partial charge in [-0.3, -0.25) is 4.79 Å². The van der Waals surface area contributed by atoms with Crippen molar-refractivity contribution in [1.29, 1.82) is 5.26 Å². The molecule has 5 rings (SSSR count). The number of carbonyl (C=O) groups excluding carboxylic acids is 1. The lowest BCUT2D eigenvalue weighted by Gasteiger charge is -2.34. The number of anilines is 2. The number of hydrogen-bond acceptors (Lipinski definition) is 8. The Hall–Kier alpha value is -4.07. The Morgan fingerprint density at radius 2 is 1.97 bits per heavy atom. The highest BCUT2D eigenvalue weighted by Gasteiger charge is 2.32. The van der Waals surface area contributed by atoms with E-state index < -0.39 is 5.82 Å². The lowest BCUT2D eigenvalue weighted by molar-refractivity contribution is -0.118. The molecular weight excluding hydrogens is 501 g/mol. The van der Waals surface area contributed by atoms with Crippen LogP contribution in [0, 0.1) is 17.1 Å². The molecule has 1 aromatic heterocycles. The van der Waals surface area contributed by atoms with Crippen molar-refractivity contribution < 1.29 is 23.8 Å². The number of nitrogens with zero attached hydrogens (tertiary/aromatic N) is 3. The number of phenols is 1. The van der Waals surface area contributed by atoms with Crippen LogP contribution in [0.15, 0.2) is 36.4 Å². The van der Waals surface area contributed by atoms with Crippen molar-refractivity contribution in [2.75, 3.05) is 37.0 Å². The summed E-state index contributed by atoms with van der Waals surface area (Å²) >= 11 is 0. The van der Waals surface area contributed by atoms with Crippen LogP contribution in [-0.2, 0) is 4.79 Å². The number of carbonyl (C=O) groups is 1. The highest BCUT2D eigenvalue weighted by Crippen LogP contribution is 2.49. The number of halogens is 2. The molecule has 1 saturated heterocycles. The van der Waals surface area contributed by atoms with Gasteiger partial charge in [0.05, 0.1) is 23.9 Å². The second kappa shape index (κ2) is 10.5. The quantitative estimate of drug-likeness (QED) is 0.468. The molecule has 0 radical (unpaired) electrons. The standard InChI is InChI=1S/C26H24FN5O4.ClH/c1-35-20-5-4-14(11-19(20)33)22-23(15-2-3-16(12-28)18(27)10-15)31-26(32-8-6-17(29)7-9-32)24-25(22)36-13-21(34)30-24;/h2-5,10-11,17,33H,6-9,13,29H2,1H3,(H,30,34);1H. The van der Waals surface area contributed by atoms with E-state index in [0.717, 1.165) is 12.8 Å². The number of aromatic nitrogens is 1. The second-order valence-electron chi connectivity index (χ2n) is 8.72. The number of benzene rings is 2. The molecule has 4 N–H and O–H groups in total. The average molecular weight is 526 g/mol. The van der Waals surface area contributed by atoms with Crippen molar-refractivity contribution in [3.63, 3.8) is 0 Å². The predicted molar refractivity (Wildman–Crippen MR) is 139 cm³/mol. The number of piperidine rings is 1. The van der Waals surface area contributed by atoms with Crippen LogP contribution in [0.2, 0.25) is 0 Å². The van der Waals surface area contributed by atoms with Gasteiger partial charge in [-0.1, -0.05) is 12.1 Å². The molecule has 0 bridgehead atoms. The summed E-state index contributed by atoms with van der Waals surface area (Å²) in [6.45, 7) is 1.04. The lowest BCUT2D eigenvalue weighted by Crippen LogP contribution is -2.41. The van der Waals surface area contributed by atoms with Crippen molar-refractivity contribution in [1.82, 2.24) is 4.98 Å². The summed E-state index contributed by atoms with van der Waals surface area (Å²) in [6.07, 6.45) is 1.50. The number of nitrogens with one attached hydrogen (secondary N) is 1. The fourth-order valence-corrected chi connectivity index (χ4v) is 4.54. The van der Waals surface area contributed by atoms with E-state index in [0.29, 0.717) is 52.7 Å². The summed E-state index contributed by atoms with van der Waals surface area (Å²) in [5.74, 6) is 0.0272. The van der Waals surface area contributed by atoms with Gasteiger partial charge in [0.15, 0.2) is 29.7 Å². The van der Waals surface area contributed by atoms with Gasteiger partial charge in [0.2, 0.25) is 0 Å². The molecule has 0 spiro atoms. The average Bonchev–Trinajstić information content (AvgIpc) is 2.88. The molecule has 3 aromatic rings. The second-order valence-corrected chi connectivity index (χ2v) is 8.72. The molecule has 0 atom stereocenters. The number of nitriles is 1. The maximum Gasteiger partial charge on any atom is 0.262 e. The maximum absolute atomic E-state index is 14.7. The number of aromatic hydroxyl groups is 1. The number of pyridine rings is 1. The molecule has 9 nitrogen and oxygen atoms in total. The van der Waals surface area contributed by atoms with Crippen molar-refractivity contribution in [2.45, 2.75) is 18.9 Å². The Morgan fingerprint density at radius 3 is 2.62 bits per heavy atom. The summed E-state index contributed by atoms with van der Waals surface area (Å²) in [5.41, 5.74) is 8.19. The largest absolute Gasteiger partial charge is 0.504 e. The number of ether oxygens (including phenoxy) is 2. The molecule has 1 fully saturated rings. The van der Waals surface area contributed by atoms with Gasteiger partial charge in [-0.2, -0.15) is 5.26 Å². The summed E-state index contributed by atoms with van der Waals surface area (Å²) in [5, 5.41) is 22.6. The first-order valence-corrected chi connectivity index (χ1v) is 11.5. The molecule has 11 heteroatoms. The Labute approximate surface area is 219 Å². The van der Waals surface area contributed by atoms with E-state index in [4.69, 9.17) is 20.2 Å². The molecule has 0 unspecified atom stereocenters. The fraction of sp³-hybridized carbons (Fsp3) is 0.269. The van der Waals surface area contributed by atoms with Gasteiger partial charge in [0, 0.05) is 24.7 Å². The zero-order valence-electron chi connectivity index (χ0n) is 20.0. The molecular formula is C26H25ClFN5O4. The minimum Gasteiger partial charge on any atom is -0.504 e. The van der Waals surface area contributed by atoms with Crippen LogP contribution in [0.25, 0.3) is 22.4 Å². The highest BCUT2D eigenvalue weighted by molar-refractivity contribution is 6.04. The number of nitrogens with two attached hydrogens (primary N) is 1. The van der Waals surface area contributed by atoms with Crippen molar-refractivity contribution >= 4 is 29.8 Å². The highest BCUT2D eigenvalue weighted by atomic mass is 35.5. The monoisotopic (exact) mass is 525 g/mol. The third-order valence-corrected chi connectivity index (χ3v) is 6.41. The van der Waals surface area contributed by atoms with Crippen LogP contribution in [0.5, 0.6) is 17.2 Å². The van der Waals surface area contributed by atoms with Crippen molar-refractivity contribution in [2.24, 2.45) is 5.73 Å². The predicted octanol–water partition coefficient (Wildman–Crippen LogP) is 3.82. The number of hydrogen-bond donors (Lipinski definition) is 3. The first-order valence-electron chi connectivity index (χ1n) is 11.5. The van der Waals surface area contributed by atoms with E-state index in [9.17, 15) is 19.6 Å². The molecule has 0 aliphatic carbocycles. The smallest absolute Gasteiger partial charge is 0.262 e. The first kappa shape index (κ1) is 26.0. The third kappa shape index (κ3) is 4.83. The van der Waals surface area contributed by atoms with Crippen molar-refractivity contribution in [3.8, 4) is 45.7 Å². The molecule has 37 heavy (non-hydrogen) atoms. The van der Waals surface area contributed by atoms with Gasteiger partial charge in [-0.05, 0) is 42.7 Å². The number of rotatable bonds is 4. The van der Waals surface area contributed by atoms with E-state index in [1.54, 1.807) is 18.2 Å². The summed E-state index contributed by atoms with van der Waals surface area (Å²) < 4.78 is 25.8. The van der Waals surface area contributed by atoms with E-state index >= 15 is 0 Å². The minimum atomic E-state index is -0.683. The minimum absolute atomic E-state index is 0. The normalized spacial score (nSPS) is 15.1. The van der Waals surface area contributed by atoms with E-state index in [1.807, 2.05) is 11.0 Å². The SMILES string of the molecule is COc1ccc(-c2c(-c3ccc(C#N)c(F)c3)nc(N3CCC(N)CC3)c3c2OCC(=O)N3)cc1O.Cl. The van der Waals surface area contributed by atoms with Gasteiger partial charge in [0.25, 0.3) is 5.91 Å². The fourth-order valence-electron chi connectivity index (χ4n) is 4.54. The van der Waals surface area contributed by atoms with Gasteiger partial charge >= 0.3 is 0 Å². The number of phenolic OH excluding ortho intramolecular Hbond substituents is 1. The molecule has 1 amide bonds. The Bertz CT molecular complexity index is 1400. The topological polar surface area (TPSA) is 134 Å².